The first-order valence-electron chi connectivity index (χ1n) is 14.4. The quantitative estimate of drug-likeness (QED) is 0.436. The fourth-order valence-corrected chi connectivity index (χ4v) is 5.86. The van der Waals surface area contributed by atoms with Gasteiger partial charge < -0.3 is 24.8 Å². The number of hydrogen-bond donors (Lipinski definition) is 1. The summed E-state index contributed by atoms with van der Waals surface area (Å²) in [7, 11) is 1.52. The smallest absolute Gasteiger partial charge is 0.252 e. The van der Waals surface area contributed by atoms with E-state index >= 15 is 0 Å². The van der Waals surface area contributed by atoms with E-state index in [9.17, 15) is 19.2 Å². The fourth-order valence-electron chi connectivity index (χ4n) is 5.86. The first-order chi connectivity index (χ1) is 18.6. The molecule has 39 heavy (non-hydrogen) atoms. The maximum absolute atomic E-state index is 13.8. The number of Topliss-reactive ketones (excluding diaryl/α,β-unsaturated/α-hetero) is 1. The first-order valence-corrected chi connectivity index (χ1v) is 14.4. The molecule has 2 saturated heterocycles. The molecule has 2 fully saturated rings. The van der Waals surface area contributed by atoms with Crippen LogP contribution in [0.15, 0.2) is 24.3 Å². The van der Waals surface area contributed by atoms with Crippen LogP contribution in [0.2, 0.25) is 0 Å². The zero-order valence-electron chi connectivity index (χ0n) is 24.6. The maximum Gasteiger partial charge on any atom is 0.252 e. The van der Waals surface area contributed by atoms with Crippen molar-refractivity contribution in [3.05, 3.63) is 29.8 Å². The summed E-state index contributed by atoms with van der Waals surface area (Å²) in [5, 5.41) is 2.94. The second kappa shape index (κ2) is 13.4. The third-order valence-electron chi connectivity index (χ3n) is 8.22. The van der Waals surface area contributed by atoms with Gasteiger partial charge in [0.05, 0.1) is 12.6 Å². The lowest BCUT2D eigenvalue weighted by Gasteiger charge is -2.30. The molecule has 0 aliphatic carbocycles. The third-order valence-corrected chi connectivity index (χ3v) is 8.22. The van der Waals surface area contributed by atoms with Crippen molar-refractivity contribution in [3.63, 3.8) is 0 Å². The van der Waals surface area contributed by atoms with Crippen molar-refractivity contribution in [2.45, 2.75) is 85.0 Å². The topological polar surface area (TPSA) is 99.3 Å². The summed E-state index contributed by atoms with van der Waals surface area (Å²) in [5.74, 6) is -0.748. The van der Waals surface area contributed by atoms with Gasteiger partial charge in [0.25, 0.3) is 11.8 Å². The normalized spacial score (nSPS) is 21.1. The Kier molecular flexibility index (Phi) is 10.5. The summed E-state index contributed by atoms with van der Waals surface area (Å²) in [4.78, 5) is 58.8. The number of benzene rings is 1. The molecule has 0 saturated carbocycles. The molecule has 2 aliphatic rings. The number of nitrogens with one attached hydrogen (secondary N) is 1. The maximum atomic E-state index is 13.8. The molecule has 2 aliphatic heterocycles. The molecule has 216 valence electrons. The van der Waals surface area contributed by atoms with Crippen molar-refractivity contribution in [2.75, 3.05) is 38.2 Å². The van der Waals surface area contributed by atoms with Crippen LogP contribution in [-0.2, 0) is 19.1 Å². The Balaban J connectivity index is 1.75. The molecule has 3 rings (SSSR count). The highest BCUT2D eigenvalue weighted by Gasteiger charge is 2.53. The standard InChI is InChI=1S/C30H46N4O5/c1-8-20(6)27(39-7)30(38)34-18-25(35)26-24(34)15-16-33(26)29(37)23(17-19(4)5)31-28(36)21-11-13-22(14-12-21)32(9-2)10-3/h11-14,19-20,23-24,26-27H,8-10,15-18H2,1-7H3,(H,31,36). The minimum Gasteiger partial charge on any atom is -0.372 e. The molecule has 9 heteroatoms. The van der Waals surface area contributed by atoms with E-state index in [-0.39, 0.29) is 47.9 Å². The molecule has 0 radical (unpaired) electrons. The molecule has 5 atom stereocenters. The van der Waals surface area contributed by atoms with E-state index in [4.69, 9.17) is 4.74 Å². The van der Waals surface area contributed by atoms with Gasteiger partial charge in [0, 0.05) is 38.0 Å². The molecular formula is C30H46N4O5. The predicted octanol–water partition coefficient (Wildman–Crippen LogP) is 3.12. The average molecular weight is 543 g/mol. The number of amides is 3. The van der Waals surface area contributed by atoms with Crippen LogP contribution < -0.4 is 10.2 Å². The van der Waals surface area contributed by atoms with Crippen molar-refractivity contribution in [3.8, 4) is 0 Å². The van der Waals surface area contributed by atoms with Crippen molar-refractivity contribution >= 4 is 29.2 Å². The van der Waals surface area contributed by atoms with Gasteiger partial charge in [-0.2, -0.15) is 0 Å². The summed E-state index contributed by atoms with van der Waals surface area (Å²) in [6.07, 6.45) is 1.14. The van der Waals surface area contributed by atoms with E-state index in [0.717, 1.165) is 25.2 Å². The molecule has 0 bridgehead atoms. The largest absolute Gasteiger partial charge is 0.372 e. The molecule has 5 unspecified atom stereocenters. The Hall–Kier alpha value is -2.94. The van der Waals surface area contributed by atoms with Gasteiger partial charge in [-0.05, 0) is 62.8 Å². The van der Waals surface area contributed by atoms with Crippen LogP contribution >= 0.6 is 0 Å². The molecule has 0 aromatic heterocycles. The molecule has 9 nitrogen and oxygen atoms in total. The van der Waals surface area contributed by atoms with Crippen LogP contribution in [0.1, 0.15) is 71.2 Å². The monoisotopic (exact) mass is 542 g/mol. The Bertz CT molecular complexity index is 1020. The zero-order chi connectivity index (χ0) is 28.9. The molecule has 0 spiro atoms. The highest BCUT2D eigenvalue weighted by atomic mass is 16.5. The molecule has 1 N–H and O–H groups in total. The lowest BCUT2D eigenvalue weighted by molar-refractivity contribution is -0.146. The molecule has 2 heterocycles. The summed E-state index contributed by atoms with van der Waals surface area (Å²) in [6.45, 7) is 14.2. The molecule has 3 amide bonds. The minimum absolute atomic E-state index is 0.0162. The Morgan fingerprint density at radius 1 is 1.03 bits per heavy atom. The highest BCUT2D eigenvalue weighted by molar-refractivity contribution is 6.01. The van der Waals surface area contributed by atoms with E-state index < -0.39 is 18.2 Å². The number of likely N-dealkylation sites (tertiary alicyclic amines) is 2. The number of hydrogen-bond acceptors (Lipinski definition) is 6. The Labute approximate surface area is 233 Å². The Morgan fingerprint density at radius 3 is 2.21 bits per heavy atom. The fraction of sp³-hybridized carbons (Fsp3) is 0.667. The van der Waals surface area contributed by atoms with Gasteiger partial charge in [-0.15, -0.1) is 0 Å². The number of carbonyl (C=O) groups is 4. The van der Waals surface area contributed by atoms with Crippen LogP contribution in [0.25, 0.3) is 0 Å². The minimum atomic E-state index is -0.761. The van der Waals surface area contributed by atoms with Crippen molar-refractivity contribution in [1.82, 2.24) is 15.1 Å². The molecule has 1 aromatic carbocycles. The van der Waals surface area contributed by atoms with Gasteiger partial charge in [-0.3, -0.25) is 19.2 Å². The second-order valence-corrected chi connectivity index (χ2v) is 11.2. The number of ether oxygens (including phenoxy) is 1. The molecular weight excluding hydrogens is 496 g/mol. The van der Waals surface area contributed by atoms with Crippen LogP contribution in [0.5, 0.6) is 0 Å². The lowest BCUT2D eigenvalue weighted by Crippen LogP contribution is -2.53. The van der Waals surface area contributed by atoms with E-state index in [1.807, 2.05) is 39.8 Å². The zero-order valence-corrected chi connectivity index (χ0v) is 24.6. The first kappa shape index (κ1) is 30.6. The summed E-state index contributed by atoms with van der Waals surface area (Å²) in [6, 6.07) is 5.58. The summed E-state index contributed by atoms with van der Waals surface area (Å²) < 4.78 is 5.50. The number of rotatable bonds is 12. The van der Waals surface area contributed by atoms with E-state index in [2.05, 4.69) is 24.1 Å². The van der Waals surface area contributed by atoms with E-state index in [0.29, 0.717) is 24.9 Å². The Morgan fingerprint density at radius 2 is 1.67 bits per heavy atom. The average Bonchev–Trinajstić information content (AvgIpc) is 3.50. The third kappa shape index (κ3) is 6.62. The lowest BCUT2D eigenvalue weighted by atomic mass is 10.00. The number of fused-ring (bicyclic) bond motifs is 1. The van der Waals surface area contributed by atoms with Gasteiger partial charge in [0.2, 0.25) is 5.91 Å². The van der Waals surface area contributed by atoms with Crippen molar-refractivity contribution < 1.29 is 23.9 Å². The van der Waals surface area contributed by atoms with Crippen molar-refractivity contribution in [1.29, 1.82) is 0 Å². The predicted molar refractivity (Wildman–Crippen MR) is 152 cm³/mol. The summed E-state index contributed by atoms with van der Waals surface area (Å²) >= 11 is 0. The van der Waals surface area contributed by atoms with Gasteiger partial charge in [-0.1, -0.05) is 34.1 Å². The SMILES string of the molecule is CCC(C)C(OC)C(=O)N1CC(=O)C2C1CCN2C(=O)C(CC(C)C)NC(=O)c1ccc(N(CC)CC)cc1. The number of methoxy groups -OCH3 is 1. The van der Waals surface area contributed by atoms with E-state index in [1.165, 1.54) is 7.11 Å². The van der Waals surface area contributed by atoms with Gasteiger partial charge in [0.15, 0.2) is 5.78 Å². The van der Waals surface area contributed by atoms with Crippen LogP contribution in [0.4, 0.5) is 5.69 Å². The van der Waals surface area contributed by atoms with Crippen LogP contribution in [0, 0.1) is 11.8 Å². The number of carbonyl (C=O) groups excluding carboxylic acids is 4. The number of anilines is 1. The summed E-state index contributed by atoms with van der Waals surface area (Å²) in [5.41, 5.74) is 1.52. The van der Waals surface area contributed by atoms with Gasteiger partial charge in [0.1, 0.15) is 18.2 Å². The van der Waals surface area contributed by atoms with Crippen molar-refractivity contribution in [2.24, 2.45) is 11.8 Å². The number of ketones is 1. The van der Waals surface area contributed by atoms with Crippen LogP contribution in [-0.4, -0.2) is 90.8 Å². The van der Waals surface area contributed by atoms with Crippen LogP contribution in [0.3, 0.4) is 0 Å². The number of nitrogens with zero attached hydrogens (tertiary/aromatic N) is 3. The van der Waals surface area contributed by atoms with Gasteiger partial charge >= 0.3 is 0 Å². The van der Waals surface area contributed by atoms with E-state index in [1.54, 1.807) is 21.9 Å². The highest BCUT2D eigenvalue weighted by Crippen LogP contribution is 2.32. The van der Waals surface area contributed by atoms with Gasteiger partial charge in [-0.25, -0.2) is 0 Å². The molecule has 1 aromatic rings. The second-order valence-electron chi connectivity index (χ2n) is 11.2.